The predicted molar refractivity (Wildman–Crippen MR) is 77.7 cm³/mol. The van der Waals surface area contributed by atoms with Crippen LogP contribution in [0, 0.1) is 5.92 Å². The van der Waals surface area contributed by atoms with Gasteiger partial charge in [-0.2, -0.15) is 11.8 Å². The molecule has 2 aliphatic heterocycles. The van der Waals surface area contributed by atoms with Crippen LogP contribution < -0.4 is 5.32 Å². The highest BCUT2D eigenvalue weighted by Crippen LogP contribution is 2.28. The summed E-state index contributed by atoms with van der Waals surface area (Å²) in [4.78, 5) is 14.5. The van der Waals surface area contributed by atoms with Gasteiger partial charge in [-0.1, -0.05) is 26.7 Å². The monoisotopic (exact) mass is 270 g/mol. The molecular weight excluding hydrogens is 244 g/mol. The Morgan fingerprint density at radius 1 is 1.50 bits per heavy atom. The summed E-state index contributed by atoms with van der Waals surface area (Å²) < 4.78 is 0. The molecule has 4 unspecified atom stereocenters. The zero-order chi connectivity index (χ0) is 13.1. The van der Waals surface area contributed by atoms with E-state index in [0.717, 1.165) is 13.0 Å². The van der Waals surface area contributed by atoms with Crippen molar-refractivity contribution in [1.29, 1.82) is 0 Å². The first kappa shape index (κ1) is 14.2. The van der Waals surface area contributed by atoms with Crippen LogP contribution >= 0.6 is 11.8 Å². The smallest absolute Gasteiger partial charge is 0.241 e. The first-order valence-corrected chi connectivity index (χ1v) is 8.36. The van der Waals surface area contributed by atoms with Crippen LogP contribution in [0.5, 0.6) is 0 Å². The number of nitrogens with zero attached hydrogens (tertiary/aromatic N) is 1. The van der Waals surface area contributed by atoms with Crippen LogP contribution in [-0.2, 0) is 4.79 Å². The highest BCUT2D eigenvalue weighted by Gasteiger charge is 2.39. The molecule has 1 N–H and O–H groups in total. The summed E-state index contributed by atoms with van der Waals surface area (Å²) in [6, 6.07) is 0.0404. The van der Waals surface area contributed by atoms with E-state index < -0.39 is 0 Å². The normalized spacial score (nSPS) is 34.9. The molecule has 1 amide bonds. The van der Waals surface area contributed by atoms with Crippen LogP contribution in [0.3, 0.4) is 0 Å². The van der Waals surface area contributed by atoms with Crippen LogP contribution in [0.25, 0.3) is 0 Å². The van der Waals surface area contributed by atoms with Crippen molar-refractivity contribution in [3.05, 3.63) is 0 Å². The lowest BCUT2D eigenvalue weighted by atomic mass is 9.99. The highest BCUT2D eigenvalue weighted by atomic mass is 32.2. The summed E-state index contributed by atoms with van der Waals surface area (Å²) in [7, 11) is 0. The Morgan fingerprint density at radius 2 is 2.28 bits per heavy atom. The molecule has 0 aliphatic carbocycles. The fraction of sp³-hybridized carbons (Fsp3) is 0.929. The highest BCUT2D eigenvalue weighted by molar-refractivity contribution is 7.99. The van der Waals surface area contributed by atoms with Crippen LogP contribution in [-0.4, -0.2) is 40.6 Å². The molecule has 0 bridgehead atoms. The summed E-state index contributed by atoms with van der Waals surface area (Å²) in [5, 5.41) is 4.12. The van der Waals surface area contributed by atoms with Gasteiger partial charge in [-0.25, -0.2) is 0 Å². The Balaban J connectivity index is 1.93. The van der Waals surface area contributed by atoms with Crippen molar-refractivity contribution in [3.63, 3.8) is 0 Å². The van der Waals surface area contributed by atoms with Gasteiger partial charge in [-0.05, 0) is 31.4 Å². The summed E-state index contributed by atoms with van der Waals surface area (Å²) in [5.41, 5.74) is 0. The van der Waals surface area contributed by atoms with E-state index in [4.69, 9.17) is 0 Å². The fourth-order valence-electron chi connectivity index (χ4n) is 2.85. The summed E-state index contributed by atoms with van der Waals surface area (Å²) in [6.45, 7) is 7.38. The van der Waals surface area contributed by atoms with Crippen molar-refractivity contribution in [1.82, 2.24) is 10.2 Å². The van der Waals surface area contributed by atoms with E-state index in [9.17, 15) is 4.79 Å². The number of hydrogen-bond donors (Lipinski definition) is 1. The van der Waals surface area contributed by atoms with E-state index in [1.807, 2.05) is 11.8 Å². The lowest BCUT2D eigenvalue weighted by Gasteiger charge is -2.28. The lowest BCUT2D eigenvalue weighted by molar-refractivity contribution is -0.130. The van der Waals surface area contributed by atoms with Gasteiger partial charge < -0.3 is 4.90 Å². The molecule has 2 fully saturated rings. The fourth-order valence-corrected chi connectivity index (χ4v) is 4.16. The molecule has 2 heterocycles. The molecule has 0 radical (unpaired) electrons. The Hall–Kier alpha value is -0.220. The molecule has 0 spiro atoms. The van der Waals surface area contributed by atoms with E-state index in [1.54, 1.807) is 0 Å². The van der Waals surface area contributed by atoms with E-state index in [-0.39, 0.29) is 12.2 Å². The molecule has 0 aromatic rings. The van der Waals surface area contributed by atoms with Gasteiger partial charge >= 0.3 is 0 Å². The quantitative estimate of drug-likeness (QED) is 0.852. The molecule has 2 saturated heterocycles. The van der Waals surface area contributed by atoms with Gasteiger partial charge in [0.1, 0.15) is 0 Å². The maximum absolute atomic E-state index is 12.4. The maximum atomic E-state index is 12.4. The predicted octanol–water partition coefficient (Wildman–Crippen LogP) is 2.46. The van der Waals surface area contributed by atoms with Crippen molar-refractivity contribution in [2.24, 2.45) is 5.92 Å². The van der Waals surface area contributed by atoms with Crippen molar-refractivity contribution in [3.8, 4) is 0 Å². The Kier molecular flexibility index (Phi) is 4.96. The summed E-state index contributed by atoms with van der Waals surface area (Å²) in [5.74, 6) is 2.02. The van der Waals surface area contributed by atoms with Gasteiger partial charge in [0.15, 0.2) is 0 Å². The first-order chi connectivity index (χ1) is 8.63. The van der Waals surface area contributed by atoms with Crippen molar-refractivity contribution >= 4 is 17.7 Å². The molecule has 0 aromatic heterocycles. The molecule has 0 saturated carbocycles. The third-order valence-electron chi connectivity index (χ3n) is 4.32. The molecule has 4 heteroatoms. The summed E-state index contributed by atoms with van der Waals surface area (Å²) >= 11 is 2.05. The van der Waals surface area contributed by atoms with Gasteiger partial charge in [0, 0.05) is 11.8 Å². The van der Waals surface area contributed by atoms with Crippen LogP contribution in [0.2, 0.25) is 0 Å². The second-order valence-electron chi connectivity index (χ2n) is 5.69. The second kappa shape index (κ2) is 6.29. The van der Waals surface area contributed by atoms with E-state index >= 15 is 0 Å². The molecular formula is C14H26N2OS. The topological polar surface area (TPSA) is 32.3 Å². The Bertz CT molecular complexity index is 292. The van der Waals surface area contributed by atoms with Gasteiger partial charge in [-0.3, -0.25) is 10.1 Å². The zero-order valence-corrected chi connectivity index (χ0v) is 12.6. The SMILES string of the molecule is CCC(C)C1NC(C)N(CC2CCCCS2)C1=O. The lowest BCUT2D eigenvalue weighted by Crippen LogP contribution is -2.40. The van der Waals surface area contributed by atoms with Crippen molar-refractivity contribution in [2.45, 2.75) is 63.9 Å². The second-order valence-corrected chi connectivity index (χ2v) is 7.09. The number of rotatable bonds is 4. The van der Waals surface area contributed by atoms with E-state index in [1.165, 1.54) is 25.0 Å². The number of thioether (sulfide) groups is 1. The average molecular weight is 270 g/mol. The molecule has 0 aromatic carbocycles. The average Bonchev–Trinajstić information content (AvgIpc) is 2.67. The summed E-state index contributed by atoms with van der Waals surface area (Å²) in [6.07, 6.45) is 5.21. The number of carbonyl (C=O) groups is 1. The zero-order valence-electron chi connectivity index (χ0n) is 11.8. The number of hydrogen-bond acceptors (Lipinski definition) is 3. The molecule has 3 nitrogen and oxygen atoms in total. The molecule has 2 rings (SSSR count). The first-order valence-electron chi connectivity index (χ1n) is 7.31. The van der Waals surface area contributed by atoms with Gasteiger partial charge in [0.2, 0.25) is 5.91 Å². The van der Waals surface area contributed by atoms with Crippen molar-refractivity contribution in [2.75, 3.05) is 12.3 Å². The van der Waals surface area contributed by atoms with Crippen LogP contribution in [0.15, 0.2) is 0 Å². The van der Waals surface area contributed by atoms with Crippen LogP contribution in [0.1, 0.15) is 46.5 Å². The number of carbonyl (C=O) groups excluding carboxylic acids is 1. The molecule has 2 aliphatic rings. The van der Waals surface area contributed by atoms with Crippen LogP contribution in [0.4, 0.5) is 0 Å². The molecule has 18 heavy (non-hydrogen) atoms. The van der Waals surface area contributed by atoms with E-state index in [0.29, 0.717) is 17.1 Å². The molecule has 104 valence electrons. The maximum Gasteiger partial charge on any atom is 0.241 e. The third-order valence-corrected chi connectivity index (χ3v) is 5.71. The largest absolute Gasteiger partial charge is 0.325 e. The minimum atomic E-state index is 0.0404. The third kappa shape index (κ3) is 3.02. The van der Waals surface area contributed by atoms with E-state index in [2.05, 4.69) is 31.0 Å². The minimum Gasteiger partial charge on any atom is -0.325 e. The minimum absolute atomic E-state index is 0.0404. The van der Waals surface area contributed by atoms with Gasteiger partial charge in [0.05, 0.1) is 12.2 Å². The van der Waals surface area contributed by atoms with Gasteiger partial charge in [0.25, 0.3) is 0 Å². The number of amides is 1. The molecule has 4 atom stereocenters. The number of nitrogens with one attached hydrogen (secondary N) is 1. The Labute approximate surface area is 115 Å². The Morgan fingerprint density at radius 3 is 2.89 bits per heavy atom. The van der Waals surface area contributed by atoms with Gasteiger partial charge in [-0.15, -0.1) is 0 Å². The van der Waals surface area contributed by atoms with Crippen molar-refractivity contribution < 1.29 is 4.79 Å². The standard InChI is InChI=1S/C14H26N2OS/c1-4-10(2)13-14(17)16(11(3)15-13)9-12-7-5-6-8-18-12/h10-13,15H,4-9H2,1-3H3.